The number of halogens is 1. The number of carbonyl (C=O) groups is 1. The molecule has 26 heavy (non-hydrogen) atoms. The quantitative estimate of drug-likeness (QED) is 0.769. The van der Waals surface area contributed by atoms with Gasteiger partial charge in [0.15, 0.2) is 0 Å². The lowest BCUT2D eigenvalue weighted by atomic mass is 10.0. The SMILES string of the molecule is CCC1CCCCN1C(=O)CS(=O)(=O)c1nnc(-c2cccc(Cl)c2)o1. The third kappa shape index (κ3) is 4.07. The van der Waals surface area contributed by atoms with Crippen LogP contribution in [0.2, 0.25) is 5.02 Å². The lowest BCUT2D eigenvalue weighted by Crippen LogP contribution is -2.45. The minimum absolute atomic E-state index is 0.0444. The molecule has 1 unspecified atom stereocenters. The maximum absolute atomic E-state index is 12.5. The van der Waals surface area contributed by atoms with Gasteiger partial charge in [0.2, 0.25) is 21.6 Å². The zero-order valence-corrected chi connectivity index (χ0v) is 16.0. The smallest absolute Gasteiger partial charge is 0.336 e. The van der Waals surface area contributed by atoms with Crippen LogP contribution in [0.25, 0.3) is 11.5 Å². The van der Waals surface area contributed by atoms with Crippen molar-refractivity contribution in [2.24, 2.45) is 0 Å². The molecule has 7 nitrogen and oxygen atoms in total. The normalized spacial score (nSPS) is 18.1. The molecule has 0 N–H and O–H groups in total. The fourth-order valence-electron chi connectivity index (χ4n) is 3.13. The molecule has 9 heteroatoms. The second kappa shape index (κ2) is 7.75. The Hall–Kier alpha value is -1.93. The Morgan fingerprint density at radius 2 is 2.15 bits per heavy atom. The van der Waals surface area contributed by atoms with E-state index in [-0.39, 0.29) is 11.9 Å². The van der Waals surface area contributed by atoms with Crippen molar-refractivity contribution in [1.29, 1.82) is 0 Å². The number of amides is 1. The first kappa shape index (κ1) is 18.8. The highest BCUT2D eigenvalue weighted by molar-refractivity contribution is 7.91. The zero-order valence-electron chi connectivity index (χ0n) is 14.4. The van der Waals surface area contributed by atoms with Gasteiger partial charge in [0.05, 0.1) is 0 Å². The lowest BCUT2D eigenvalue weighted by Gasteiger charge is -2.35. The van der Waals surface area contributed by atoms with E-state index in [0.29, 0.717) is 17.1 Å². The Morgan fingerprint density at radius 3 is 2.88 bits per heavy atom. The summed E-state index contributed by atoms with van der Waals surface area (Å²) in [7, 11) is -4.00. The van der Waals surface area contributed by atoms with Gasteiger partial charge in [0, 0.05) is 23.2 Å². The van der Waals surface area contributed by atoms with Gasteiger partial charge >= 0.3 is 5.22 Å². The fourth-order valence-corrected chi connectivity index (χ4v) is 4.31. The summed E-state index contributed by atoms with van der Waals surface area (Å²) >= 11 is 5.92. The van der Waals surface area contributed by atoms with Gasteiger partial charge in [-0.05, 0) is 43.9 Å². The molecule has 1 aromatic heterocycles. The molecule has 0 bridgehead atoms. The monoisotopic (exact) mass is 397 g/mol. The maximum Gasteiger partial charge on any atom is 0.336 e. The molecule has 0 radical (unpaired) electrons. The lowest BCUT2D eigenvalue weighted by molar-refractivity contribution is -0.132. The highest BCUT2D eigenvalue weighted by Gasteiger charge is 2.32. The molecule has 1 saturated heterocycles. The summed E-state index contributed by atoms with van der Waals surface area (Å²) in [6.45, 7) is 2.59. The molecule has 0 aliphatic carbocycles. The van der Waals surface area contributed by atoms with Gasteiger partial charge in [-0.2, -0.15) is 0 Å². The number of sulfone groups is 1. The standard InChI is InChI=1S/C17H20ClN3O4S/c1-2-14-8-3-4-9-21(14)15(22)11-26(23,24)17-20-19-16(25-17)12-6-5-7-13(18)10-12/h5-7,10,14H,2-4,8-9,11H2,1H3. The summed E-state index contributed by atoms with van der Waals surface area (Å²) in [5.41, 5.74) is 0.514. The van der Waals surface area contributed by atoms with Crippen molar-refractivity contribution in [2.75, 3.05) is 12.3 Å². The minimum atomic E-state index is -4.00. The molecule has 1 amide bonds. The number of piperidine rings is 1. The molecule has 2 heterocycles. The van der Waals surface area contributed by atoms with Crippen molar-refractivity contribution in [3.8, 4) is 11.5 Å². The van der Waals surface area contributed by atoms with E-state index >= 15 is 0 Å². The fraction of sp³-hybridized carbons (Fsp3) is 0.471. The molecular formula is C17H20ClN3O4S. The Balaban J connectivity index is 1.77. The van der Waals surface area contributed by atoms with Gasteiger partial charge in [-0.15, -0.1) is 5.10 Å². The van der Waals surface area contributed by atoms with Crippen molar-refractivity contribution in [3.05, 3.63) is 29.3 Å². The average molecular weight is 398 g/mol. The van der Waals surface area contributed by atoms with Crippen LogP contribution in [0, 0.1) is 0 Å². The van der Waals surface area contributed by atoms with Gasteiger partial charge in [-0.25, -0.2) is 8.42 Å². The molecular weight excluding hydrogens is 378 g/mol. The minimum Gasteiger partial charge on any atom is -0.408 e. The van der Waals surface area contributed by atoms with E-state index in [4.69, 9.17) is 16.0 Å². The molecule has 0 saturated carbocycles. The van der Waals surface area contributed by atoms with Crippen molar-refractivity contribution in [3.63, 3.8) is 0 Å². The summed E-state index contributed by atoms with van der Waals surface area (Å²) in [6.07, 6.45) is 3.66. The van der Waals surface area contributed by atoms with Crippen LogP contribution in [0.15, 0.2) is 33.9 Å². The summed E-state index contributed by atoms with van der Waals surface area (Å²) in [6, 6.07) is 6.74. The third-order valence-electron chi connectivity index (χ3n) is 4.48. The van der Waals surface area contributed by atoms with E-state index in [9.17, 15) is 13.2 Å². The number of nitrogens with zero attached hydrogens (tertiary/aromatic N) is 3. The number of benzene rings is 1. The van der Waals surface area contributed by atoms with Gasteiger partial charge in [-0.3, -0.25) is 4.79 Å². The third-order valence-corrected chi connectivity index (χ3v) is 6.04. The predicted octanol–water partition coefficient (Wildman–Crippen LogP) is 2.95. The Kier molecular flexibility index (Phi) is 5.62. The predicted molar refractivity (Wildman–Crippen MR) is 96.4 cm³/mol. The number of hydrogen-bond acceptors (Lipinski definition) is 6. The largest absolute Gasteiger partial charge is 0.408 e. The molecule has 1 atom stereocenters. The number of aromatic nitrogens is 2. The molecule has 2 aromatic rings. The van der Waals surface area contributed by atoms with Crippen molar-refractivity contribution >= 4 is 27.3 Å². The Morgan fingerprint density at radius 1 is 1.35 bits per heavy atom. The second-order valence-electron chi connectivity index (χ2n) is 6.29. The van der Waals surface area contributed by atoms with Gasteiger partial charge < -0.3 is 9.32 Å². The van der Waals surface area contributed by atoms with E-state index in [0.717, 1.165) is 25.7 Å². The van der Waals surface area contributed by atoms with Crippen LogP contribution >= 0.6 is 11.6 Å². The van der Waals surface area contributed by atoms with Crippen LogP contribution in [0.3, 0.4) is 0 Å². The van der Waals surface area contributed by atoms with Gasteiger partial charge in [0.25, 0.3) is 0 Å². The highest BCUT2D eigenvalue weighted by atomic mass is 35.5. The van der Waals surface area contributed by atoms with Crippen molar-refractivity contribution in [2.45, 2.75) is 43.9 Å². The number of rotatable bonds is 5. The first-order chi connectivity index (χ1) is 12.4. The molecule has 1 aliphatic heterocycles. The van der Waals surface area contributed by atoms with Crippen LogP contribution in [-0.4, -0.2) is 47.8 Å². The zero-order chi connectivity index (χ0) is 18.7. The number of hydrogen-bond donors (Lipinski definition) is 0. The Bertz CT molecular complexity index is 897. The van der Waals surface area contributed by atoms with E-state index in [1.807, 2.05) is 6.92 Å². The van der Waals surface area contributed by atoms with E-state index in [2.05, 4.69) is 10.2 Å². The van der Waals surface area contributed by atoms with Crippen LogP contribution in [-0.2, 0) is 14.6 Å². The molecule has 3 rings (SSSR count). The topological polar surface area (TPSA) is 93.4 Å². The number of likely N-dealkylation sites (tertiary alicyclic amines) is 1. The van der Waals surface area contributed by atoms with E-state index in [1.54, 1.807) is 29.2 Å². The average Bonchev–Trinajstić information content (AvgIpc) is 3.12. The van der Waals surface area contributed by atoms with E-state index in [1.165, 1.54) is 0 Å². The van der Waals surface area contributed by atoms with Crippen LogP contribution in [0.4, 0.5) is 0 Å². The molecule has 0 spiro atoms. The first-order valence-corrected chi connectivity index (χ1v) is 10.6. The first-order valence-electron chi connectivity index (χ1n) is 8.52. The second-order valence-corrected chi connectivity index (χ2v) is 8.59. The van der Waals surface area contributed by atoms with Crippen molar-refractivity contribution in [1.82, 2.24) is 15.1 Å². The Labute approximate surface area is 157 Å². The molecule has 140 valence electrons. The van der Waals surface area contributed by atoms with Crippen LogP contribution in [0.1, 0.15) is 32.6 Å². The molecule has 1 aromatic carbocycles. The van der Waals surface area contributed by atoms with Crippen LogP contribution < -0.4 is 0 Å². The van der Waals surface area contributed by atoms with E-state index < -0.39 is 26.7 Å². The summed E-state index contributed by atoms with van der Waals surface area (Å²) in [5, 5.41) is 7.30. The van der Waals surface area contributed by atoms with Crippen LogP contribution in [0.5, 0.6) is 0 Å². The summed E-state index contributed by atoms with van der Waals surface area (Å²) in [4.78, 5) is 14.2. The molecule has 1 fully saturated rings. The van der Waals surface area contributed by atoms with Gasteiger partial charge in [0.1, 0.15) is 5.75 Å². The van der Waals surface area contributed by atoms with Gasteiger partial charge in [-0.1, -0.05) is 29.7 Å². The summed E-state index contributed by atoms with van der Waals surface area (Å²) in [5.74, 6) is -1.04. The van der Waals surface area contributed by atoms with Crippen molar-refractivity contribution < 1.29 is 17.6 Å². The highest BCUT2D eigenvalue weighted by Crippen LogP contribution is 2.24. The summed E-state index contributed by atoms with van der Waals surface area (Å²) < 4.78 is 30.3. The maximum atomic E-state index is 12.5. The molecule has 1 aliphatic rings. The number of carbonyl (C=O) groups excluding carboxylic acids is 1.